The van der Waals surface area contributed by atoms with Crippen LogP contribution in [0.5, 0.6) is 5.75 Å². The molecule has 6 heteroatoms. The second kappa shape index (κ2) is 7.75. The van der Waals surface area contributed by atoms with Crippen molar-refractivity contribution < 1.29 is 14.7 Å². The summed E-state index contributed by atoms with van der Waals surface area (Å²) in [4.78, 5) is 23.7. The summed E-state index contributed by atoms with van der Waals surface area (Å²) in [6.45, 7) is 1.82. The number of fused-ring (bicyclic) bond motifs is 1. The lowest BCUT2D eigenvalue weighted by molar-refractivity contribution is -0.110. The first-order valence-corrected chi connectivity index (χ1v) is 9.50. The van der Waals surface area contributed by atoms with Crippen molar-refractivity contribution in [2.45, 2.75) is 13.3 Å². The lowest BCUT2D eigenvalue weighted by Gasteiger charge is -2.07. The fraction of sp³-hybridized carbons (Fsp3) is 0.0833. The summed E-state index contributed by atoms with van der Waals surface area (Å²) in [5.41, 5.74) is 11.4. The molecule has 0 fully saturated rings. The van der Waals surface area contributed by atoms with Crippen LogP contribution in [-0.4, -0.2) is 16.9 Å². The van der Waals surface area contributed by atoms with Gasteiger partial charge in [0.2, 0.25) is 5.91 Å². The molecule has 0 aromatic heterocycles. The second-order valence-corrected chi connectivity index (χ2v) is 7.28. The average molecular weight is 399 g/mol. The molecule has 0 unspecified atom stereocenters. The molecule has 0 bridgehead atoms. The SMILES string of the molecule is Cc1ccc(NC=C2C(=O)Nc3ccc(Cc4ccc(C(N)=O)cc4)cc32)cc1O. The minimum absolute atomic E-state index is 0.184. The van der Waals surface area contributed by atoms with Gasteiger partial charge in [0, 0.05) is 34.8 Å². The van der Waals surface area contributed by atoms with Crippen LogP contribution in [0.1, 0.15) is 32.6 Å². The third-order valence-electron chi connectivity index (χ3n) is 5.11. The molecule has 1 aliphatic rings. The first-order chi connectivity index (χ1) is 14.4. The summed E-state index contributed by atoms with van der Waals surface area (Å²) in [5.74, 6) is -0.441. The number of carbonyl (C=O) groups excluding carboxylic acids is 2. The molecule has 0 spiro atoms. The number of carbonyl (C=O) groups is 2. The van der Waals surface area contributed by atoms with Gasteiger partial charge in [-0.05, 0) is 60.4 Å². The monoisotopic (exact) mass is 399 g/mol. The van der Waals surface area contributed by atoms with Gasteiger partial charge in [0.15, 0.2) is 0 Å². The molecule has 4 rings (SSSR count). The molecule has 0 saturated carbocycles. The molecule has 5 N–H and O–H groups in total. The second-order valence-electron chi connectivity index (χ2n) is 7.28. The predicted molar refractivity (Wildman–Crippen MR) is 117 cm³/mol. The summed E-state index contributed by atoms with van der Waals surface area (Å²) in [6.07, 6.45) is 2.31. The topological polar surface area (TPSA) is 104 Å². The molecule has 1 heterocycles. The molecule has 1 aliphatic heterocycles. The van der Waals surface area contributed by atoms with E-state index in [2.05, 4.69) is 10.6 Å². The van der Waals surface area contributed by atoms with Gasteiger partial charge >= 0.3 is 0 Å². The van der Waals surface area contributed by atoms with Gasteiger partial charge in [0.25, 0.3) is 5.91 Å². The minimum Gasteiger partial charge on any atom is -0.508 e. The quantitative estimate of drug-likeness (QED) is 0.490. The smallest absolute Gasteiger partial charge is 0.257 e. The van der Waals surface area contributed by atoms with E-state index in [0.29, 0.717) is 23.2 Å². The number of aromatic hydroxyl groups is 1. The van der Waals surface area contributed by atoms with Gasteiger partial charge < -0.3 is 21.5 Å². The van der Waals surface area contributed by atoms with Crippen LogP contribution < -0.4 is 16.4 Å². The Morgan fingerprint density at radius 3 is 2.50 bits per heavy atom. The minimum atomic E-state index is -0.451. The Morgan fingerprint density at radius 1 is 1.07 bits per heavy atom. The Balaban J connectivity index is 1.57. The fourth-order valence-corrected chi connectivity index (χ4v) is 3.37. The Bertz CT molecular complexity index is 1180. The van der Waals surface area contributed by atoms with Crippen LogP contribution in [-0.2, 0) is 11.2 Å². The zero-order valence-corrected chi connectivity index (χ0v) is 16.4. The van der Waals surface area contributed by atoms with Crippen molar-refractivity contribution in [1.82, 2.24) is 0 Å². The van der Waals surface area contributed by atoms with Gasteiger partial charge in [0.1, 0.15) is 5.75 Å². The van der Waals surface area contributed by atoms with Crippen LogP contribution in [0.2, 0.25) is 0 Å². The van der Waals surface area contributed by atoms with Crippen molar-refractivity contribution in [3.8, 4) is 5.75 Å². The van der Waals surface area contributed by atoms with Gasteiger partial charge in [-0.2, -0.15) is 0 Å². The van der Waals surface area contributed by atoms with E-state index < -0.39 is 5.91 Å². The third kappa shape index (κ3) is 3.89. The molecule has 3 aromatic rings. The number of hydrogen-bond donors (Lipinski definition) is 4. The van der Waals surface area contributed by atoms with E-state index in [4.69, 9.17) is 5.73 Å². The highest BCUT2D eigenvalue weighted by molar-refractivity contribution is 6.31. The average Bonchev–Trinajstić information content (AvgIpc) is 3.04. The highest BCUT2D eigenvalue weighted by Crippen LogP contribution is 2.33. The number of anilines is 2. The van der Waals surface area contributed by atoms with Crippen molar-refractivity contribution in [2.75, 3.05) is 10.6 Å². The number of phenols is 1. The number of phenolic OH excluding ortho intramolecular Hbond substituents is 1. The summed E-state index contributed by atoms with van der Waals surface area (Å²) in [7, 11) is 0. The Morgan fingerprint density at radius 2 is 1.80 bits per heavy atom. The number of primary amides is 1. The fourth-order valence-electron chi connectivity index (χ4n) is 3.37. The first-order valence-electron chi connectivity index (χ1n) is 9.50. The summed E-state index contributed by atoms with van der Waals surface area (Å²) < 4.78 is 0. The van der Waals surface area contributed by atoms with Crippen LogP contribution in [0.25, 0.3) is 5.57 Å². The lowest BCUT2D eigenvalue weighted by atomic mass is 9.99. The molecular weight excluding hydrogens is 378 g/mol. The molecule has 3 aromatic carbocycles. The molecule has 0 radical (unpaired) electrons. The zero-order chi connectivity index (χ0) is 21.3. The number of hydrogen-bond acceptors (Lipinski definition) is 4. The van der Waals surface area contributed by atoms with E-state index >= 15 is 0 Å². The van der Waals surface area contributed by atoms with Crippen LogP contribution >= 0.6 is 0 Å². The van der Waals surface area contributed by atoms with E-state index in [0.717, 1.165) is 27.9 Å². The summed E-state index contributed by atoms with van der Waals surface area (Å²) >= 11 is 0. The lowest BCUT2D eigenvalue weighted by Crippen LogP contribution is -2.10. The highest BCUT2D eigenvalue weighted by atomic mass is 16.3. The number of rotatable bonds is 5. The normalized spacial score (nSPS) is 13.8. The predicted octanol–water partition coefficient (Wildman–Crippen LogP) is 3.80. The van der Waals surface area contributed by atoms with Crippen molar-refractivity contribution in [3.05, 3.63) is 94.7 Å². The molecular formula is C24H21N3O3. The van der Waals surface area contributed by atoms with Gasteiger partial charge in [-0.1, -0.05) is 24.3 Å². The van der Waals surface area contributed by atoms with Crippen molar-refractivity contribution in [3.63, 3.8) is 0 Å². The van der Waals surface area contributed by atoms with Crippen molar-refractivity contribution >= 4 is 28.8 Å². The number of amides is 2. The Labute approximate surface area is 174 Å². The van der Waals surface area contributed by atoms with Crippen LogP contribution in [0, 0.1) is 6.92 Å². The van der Waals surface area contributed by atoms with Crippen molar-refractivity contribution in [2.24, 2.45) is 5.73 Å². The molecule has 0 atom stereocenters. The molecule has 2 amide bonds. The Hall–Kier alpha value is -4.06. The largest absolute Gasteiger partial charge is 0.508 e. The van der Waals surface area contributed by atoms with E-state index in [-0.39, 0.29) is 11.7 Å². The van der Waals surface area contributed by atoms with E-state index in [1.54, 1.807) is 30.5 Å². The number of aryl methyl sites for hydroxylation is 1. The maximum absolute atomic E-state index is 12.4. The standard InChI is InChI=1S/C24H21N3O3/c1-14-2-8-18(12-22(14)28)26-13-20-19-11-16(5-9-21(19)27-24(20)30)10-15-3-6-17(7-4-15)23(25)29/h2-9,11-13,26,28H,10H2,1H3,(H2,25,29)(H,27,30). The summed E-state index contributed by atoms with van der Waals surface area (Å²) in [6, 6.07) is 18.3. The van der Waals surface area contributed by atoms with Crippen LogP contribution in [0.4, 0.5) is 11.4 Å². The Kier molecular flexibility index (Phi) is 4.98. The molecule has 0 saturated heterocycles. The molecule has 150 valence electrons. The number of nitrogens with two attached hydrogens (primary N) is 1. The maximum atomic E-state index is 12.4. The van der Waals surface area contributed by atoms with Crippen molar-refractivity contribution in [1.29, 1.82) is 0 Å². The molecule has 30 heavy (non-hydrogen) atoms. The van der Waals surface area contributed by atoms with Gasteiger partial charge in [-0.3, -0.25) is 9.59 Å². The van der Waals surface area contributed by atoms with Gasteiger partial charge in [-0.15, -0.1) is 0 Å². The first kappa shape index (κ1) is 19.3. The zero-order valence-electron chi connectivity index (χ0n) is 16.4. The van der Waals surface area contributed by atoms with E-state index in [1.165, 1.54) is 0 Å². The van der Waals surface area contributed by atoms with Gasteiger partial charge in [-0.25, -0.2) is 0 Å². The molecule has 0 aliphatic carbocycles. The number of nitrogens with one attached hydrogen (secondary N) is 2. The highest BCUT2D eigenvalue weighted by Gasteiger charge is 2.24. The van der Waals surface area contributed by atoms with Crippen LogP contribution in [0.3, 0.4) is 0 Å². The maximum Gasteiger partial charge on any atom is 0.257 e. The number of benzene rings is 3. The molecule has 6 nitrogen and oxygen atoms in total. The van der Waals surface area contributed by atoms with E-state index in [9.17, 15) is 14.7 Å². The third-order valence-corrected chi connectivity index (χ3v) is 5.11. The van der Waals surface area contributed by atoms with Gasteiger partial charge in [0.05, 0.1) is 5.57 Å². The van der Waals surface area contributed by atoms with E-state index in [1.807, 2.05) is 43.3 Å². The summed E-state index contributed by atoms with van der Waals surface area (Å²) in [5, 5.41) is 15.8. The van der Waals surface area contributed by atoms with Crippen LogP contribution in [0.15, 0.2) is 66.9 Å².